The van der Waals surface area contributed by atoms with E-state index < -0.39 is 4.92 Å². The van der Waals surface area contributed by atoms with Gasteiger partial charge < -0.3 is 5.32 Å². The first kappa shape index (κ1) is 14.9. The third-order valence-corrected chi connectivity index (χ3v) is 3.21. The van der Waals surface area contributed by atoms with Gasteiger partial charge in [0.15, 0.2) is 0 Å². The first-order chi connectivity index (χ1) is 10.1. The van der Waals surface area contributed by atoms with Crippen LogP contribution in [0.5, 0.6) is 0 Å². The summed E-state index contributed by atoms with van der Waals surface area (Å²) in [5.41, 5.74) is 0.889. The van der Waals surface area contributed by atoms with Gasteiger partial charge in [0, 0.05) is 24.5 Å². The van der Waals surface area contributed by atoms with Crippen molar-refractivity contribution in [2.24, 2.45) is 0 Å². The smallest absolute Gasteiger partial charge is 0.276 e. The molecule has 1 amide bonds. The van der Waals surface area contributed by atoms with Crippen LogP contribution in [0.4, 0.5) is 11.4 Å². The molecule has 0 saturated heterocycles. The van der Waals surface area contributed by atoms with Crippen molar-refractivity contribution in [1.29, 1.82) is 0 Å². The highest BCUT2D eigenvalue weighted by Crippen LogP contribution is 2.21. The molecule has 1 N–H and O–H groups in total. The number of halogens is 1. The maximum Gasteiger partial charge on any atom is 0.276 e. The van der Waals surface area contributed by atoms with Crippen LogP contribution in [0.1, 0.15) is 5.56 Å². The van der Waals surface area contributed by atoms with Crippen molar-refractivity contribution in [3.8, 4) is 0 Å². The summed E-state index contributed by atoms with van der Waals surface area (Å²) in [6.07, 6.45) is 5.76. The number of benzene rings is 1. The number of amides is 1. The lowest BCUT2D eigenvalue weighted by atomic mass is 10.1. The minimum absolute atomic E-state index is 0.0494. The SMILES string of the molecule is O=C(/C=C/c1ccccc1[N+](=O)[O-])Nc1ccncc1Br. The van der Waals surface area contributed by atoms with Crippen molar-refractivity contribution in [2.75, 3.05) is 5.32 Å². The quantitative estimate of drug-likeness (QED) is 0.521. The van der Waals surface area contributed by atoms with Crippen LogP contribution in [0.25, 0.3) is 6.08 Å². The molecule has 0 fully saturated rings. The Balaban J connectivity index is 2.13. The molecule has 0 saturated carbocycles. The molecule has 106 valence electrons. The lowest BCUT2D eigenvalue weighted by Crippen LogP contribution is -2.08. The number of para-hydroxylation sites is 1. The number of pyridine rings is 1. The molecule has 7 heteroatoms. The zero-order chi connectivity index (χ0) is 15.2. The summed E-state index contributed by atoms with van der Waals surface area (Å²) < 4.78 is 0.650. The molecule has 1 heterocycles. The fraction of sp³-hybridized carbons (Fsp3) is 0. The second-order valence-electron chi connectivity index (χ2n) is 3.99. The zero-order valence-corrected chi connectivity index (χ0v) is 12.3. The van der Waals surface area contributed by atoms with E-state index in [-0.39, 0.29) is 11.6 Å². The number of nitrogens with zero attached hydrogens (tertiary/aromatic N) is 2. The van der Waals surface area contributed by atoms with Crippen LogP contribution < -0.4 is 5.32 Å². The zero-order valence-electron chi connectivity index (χ0n) is 10.7. The average molecular weight is 348 g/mol. The van der Waals surface area contributed by atoms with Gasteiger partial charge in [-0.05, 0) is 34.1 Å². The molecule has 21 heavy (non-hydrogen) atoms. The van der Waals surface area contributed by atoms with Crippen molar-refractivity contribution in [3.05, 3.63) is 69.0 Å². The van der Waals surface area contributed by atoms with Crippen LogP contribution in [0.15, 0.2) is 53.3 Å². The van der Waals surface area contributed by atoms with Crippen LogP contribution >= 0.6 is 15.9 Å². The molecule has 1 aromatic heterocycles. The topological polar surface area (TPSA) is 85.1 Å². The first-order valence-corrected chi connectivity index (χ1v) is 6.69. The summed E-state index contributed by atoms with van der Waals surface area (Å²) in [5, 5.41) is 13.5. The summed E-state index contributed by atoms with van der Waals surface area (Å²) in [4.78, 5) is 26.1. The predicted molar refractivity (Wildman–Crippen MR) is 82.7 cm³/mol. The summed E-state index contributed by atoms with van der Waals surface area (Å²) >= 11 is 3.26. The maximum absolute atomic E-state index is 11.8. The second-order valence-corrected chi connectivity index (χ2v) is 4.85. The van der Waals surface area contributed by atoms with Gasteiger partial charge in [0.05, 0.1) is 20.6 Å². The third-order valence-electron chi connectivity index (χ3n) is 2.58. The predicted octanol–water partition coefficient (Wildman–Crippen LogP) is 3.40. The van der Waals surface area contributed by atoms with Crippen molar-refractivity contribution in [2.45, 2.75) is 0 Å². The molecule has 0 aliphatic heterocycles. The summed E-state index contributed by atoms with van der Waals surface area (Å²) in [6.45, 7) is 0. The Labute approximate surface area is 128 Å². The molecular weight excluding hydrogens is 338 g/mol. The Kier molecular flexibility index (Phi) is 4.78. The van der Waals surface area contributed by atoms with Crippen LogP contribution in [-0.4, -0.2) is 15.8 Å². The Bertz CT molecular complexity index is 716. The Morgan fingerprint density at radius 3 is 2.81 bits per heavy atom. The Hall–Kier alpha value is -2.54. The highest BCUT2D eigenvalue weighted by Gasteiger charge is 2.10. The number of nitro groups is 1. The van der Waals surface area contributed by atoms with E-state index in [2.05, 4.69) is 26.2 Å². The van der Waals surface area contributed by atoms with Gasteiger partial charge in [-0.15, -0.1) is 0 Å². The van der Waals surface area contributed by atoms with Crippen LogP contribution in [0.2, 0.25) is 0 Å². The highest BCUT2D eigenvalue weighted by atomic mass is 79.9. The molecule has 2 aromatic rings. The summed E-state index contributed by atoms with van der Waals surface area (Å²) in [6, 6.07) is 7.84. The Morgan fingerprint density at radius 2 is 2.10 bits per heavy atom. The number of hydrogen-bond acceptors (Lipinski definition) is 4. The standard InChI is InChI=1S/C14H10BrN3O3/c15-11-9-16-8-7-12(11)17-14(19)6-5-10-3-1-2-4-13(10)18(20)21/h1-9H,(H,16,17,19)/b6-5+. The van der Waals surface area contributed by atoms with E-state index in [4.69, 9.17) is 0 Å². The normalized spacial score (nSPS) is 10.5. The lowest BCUT2D eigenvalue weighted by Gasteiger charge is -2.03. The highest BCUT2D eigenvalue weighted by molar-refractivity contribution is 9.10. The number of aromatic nitrogens is 1. The van der Waals surface area contributed by atoms with E-state index in [9.17, 15) is 14.9 Å². The fourth-order valence-corrected chi connectivity index (χ4v) is 1.96. The number of nitro benzene ring substituents is 1. The van der Waals surface area contributed by atoms with E-state index >= 15 is 0 Å². The average Bonchev–Trinajstić information content (AvgIpc) is 2.48. The minimum Gasteiger partial charge on any atom is -0.321 e. The number of carbonyl (C=O) groups is 1. The lowest BCUT2D eigenvalue weighted by molar-refractivity contribution is -0.385. The molecule has 0 aliphatic carbocycles. The van der Waals surface area contributed by atoms with Crippen LogP contribution in [0.3, 0.4) is 0 Å². The molecule has 1 aromatic carbocycles. The molecule has 0 radical (unpaired) electrons. The third kappa shape index (κ3) is 3.96. The van der Waals surface area contributed by atoms with E-state index in [0.29, 0.717) is 15.7 Å². The van der Waals surface area contributed by atoms with E-state index in [1.54, 1.807) is 36.7 Å². The largest absolute Gasteiger partial charge is 0.321 e. The number of hydrogen-bond donors (Lipinski definition) is 1. The van der Waals surface area contributed by atoms with Crippen molar-refractivity contribution in [1.82, 2.24) is 4.98 Å². The van der Waals surface area contributed by atoms with Gasteiger partial charge in [-0.1, -0.05) is 12.1 Å². The molecule has 0 spiro atoms. The first-order valence-electron chi connectivity index (χ1n) is 5.90. The fourth-order valence-electron chi connectivity index (χ4n) is 1.61. The van der Waals surface area contributed by atoms with Gasteiger partial charge in [-0.25, -0.2) is 0 Å². The van der Waals surface area contributed by atoms with Gasteiger partial charge in [-0.3, -0.25) is 19.9 Å². The molecule has 0 unspecified atom stereocenters. The number of carbonyl (C=O) groups excluding carboxylic acids is 1. The molecule has 0 bridgehead atoms. The van der Waals surface area contributed by atoms with Gasteiger partial charge in [0.25, 0.3) is 5.69 Å². The van der Waals surface area contributed by atoms with Crippen LogP contribution in [-0.2, 0) is 4.79 Å². The molecule has 2 rings (SSSR count). The van der Waals surface area contributed by atoms with Crippen molar-refractivity contribution in [3.63, 3.8) is 0 Å². The van der Waals surface area contributed by atoms with Gasteiger partial charge in [0.1, 0.15) is 0 Å². The van der Waals surface area contributed by atoms with Crippen LogP contribution in [0, 0.1) is 10.1 Å². The maximum atomic E-state index is 11.8. The molecular formula is C14H10BrN3O3. The van der Waals surface area contributed by atoms with Gasteiger partial charge >= 0.3 is 0 Å². The monoisotopic (exact) mass is 347 g/mol. The number of anilines is 1. The van der Waals surface area contributed by atoms with Gasteiger partial charge in [0.2, 0.25) is 5.91 Å². The molecule has 0 aliphatic rings. The molecule has 0 atom stereocenters. The van der Waals surface area contributed by atoms with E-state index in [1.807, 2.05) is 0 Å². The number of rotatable bonds is 4. The number of nitrogens with one attached hydrogen (secondary N) is 1. The minimum atomic E-state index is -0.489. The second kappa shape index (κ2) is 6.76. The van der Waals surface area contributed by atoms with E-state index in [1.165, 1.54) is 18.2 Å². The molecule has 6 nitrogen and oxygen atoms in total. The summed E-state index contributed by atoms with van der Waals surface area (Å²) in [7, 11) is 0. The Morgan fingerprint density at radius 1 is 1.33 bits per heavy atom. The van der Waals surface area contributed by atoms with E-state index in [0.717, 1.165) is 0 Å². The van der Waals surface area contributed by atoms with Crippen molar-refractivity contribution >= 4 is 39.3 Å². The van der Waals surface area contributed by atoms with Gasteiger partial charge in [-0.2, -0.15) is 0 Å². The summed E-state index contributed by atoms with van der Waals surface area (Å²) in [5.74, 6) is -0.389. The van der Waals surface area contributed by atoms with Crippen molar-refractivity contribution < 1.29 is 9.72 Å².